The molecule has 0 atom stereocenters. The van der Waals surface area contributed by atoms with E-state index in [1.807, 2.05) is 6.92 Å². The van der Waals surface area contributed by atoms with Crippen LogP contribution in [0.15, 0.2) is 36.4 Å². The van der Waals surface area contributed by atoms with Gasteiger partial charge in [0.15, 0.2) is 23.9 Å². The summed E-state index contributed by atoms with van der Waals surface area (Å²) < 4.78 is 15.1. The third kappa shape index (κ3) is 3.42. The maximum absolute atomic E-state index is 12.2. The molecule has 0 unspecified atom stereocenters. The fraction of sp³-hybridized carbons (Fsp3) is 0.176. The minimum absolute atomic E-state index is 0.0864. The Morgan fingerprint density at radius 2 is 1.80 bits per heavy atom. The number of nitro groups is 1. The van der Waals surface area contributed by atoms with Crippen LogP contribution in [0.4, 0.5) is 5.69 Å². The van der Waals surface area contributed by atoms with Gasteiger partial charge in [-0.1, -0.05) is 29.8 Å². The predicted molar refractivity (Wildman–Crippen MR) is 85.0 cm³/mol. The van der Waals surface area contributed by atoms with Crippen molar-refractivity contribution in [1.29, 1.82) is 0 Å². The standard InChI is InChI=1S/C17H13NO7/c1-10-2-4-11(5-3-10)14(19)8-23-17(20)12-6-15-16(25-9-24-15)7-13(12)18(21)22/h2-7H,8-9H2,1H3. The third-order valence-corrected chi connectivity index (χ3v) is 3.62. The Bertz CT molecular complexity index is 858. The summed E-state index contributed by atoms with van der Waals surface area (Å²) >= 11 is 0. The number of nitrogens with zero attached hydrogens (tertiary/aromatic N) is 1. The van der Waals surface area contributed by atoms with Crippen LogP contribution in [-0.4, -0.2) is 30.1 Å². The monoisotopic (exact) mass is 343 g/mol. The highest BCUT2D eigenvalue weighted by molar-refractivity contribution is 6.00. The van der Waals surface area contributed by atoms with Crippen molar-refractivity contribution in [2.75, 3.05) is 13.4 Å². The molecule has 0 saturated heterocycles. The zero-order valence-electron chi connectivity index (χ0n) is 13.2. The van der Waals surface area contributed by atoms with Crippen LogP contribution in [0.2, 0.25) is 0 Å². The second kappa shape index (κ2) is 6.60. The van der Waals surface area contributed by atoms with E-state index in [2.05, 4.69) is 0 Å². The van der Waals surface area contributed by atoms with Gasteiger partial charge in [0.1, 0.15) is 5.56 Å². The van der Waals surface area contributed by atoms with E-state index in [0.29, 0.717) is 5.56 Å². The zero-order valence-corrected chi connectivity index (χ0v) is 13.2. The maximum Gasteiger partial charge on any atom is 0.345 e. The number of carbonyl (C=O) groups excluding carboxylic acids is 2. The number of ether oxygens (including phenoxy) is 3. The lowest BCUT2D eigenvalue weighted by Crippen LogP contribution is -2.15. The molecule has 25 heavy (non-hydrogen) atoms. The lowest BCUT2D eigenvalue weighted by molar-refractivity contribution is -0.385. The van der Waals surface area contributed by atoms with Gasteiger partial charge >= 0.3 is 5.97 Å². The molecule has 2 aromatic rings. The Kier molecular flexibility index (Phi) is 4.34. The number of ketones is 1. The summed E-state index contributed by atoms with van der Waals surface area (Å²) in [4.78, 5) is 34.7. The molecule has 0 amide bonds. The summed E-state index contributed by atoms with van der Waals surface area (Å²) in [6, 6.07) is 9.04. The number of fused-ring (bicyclic) bond motifs is 1. The van der Waals surface area contributed by atoms with Crippen molar-refractivity contribution in [2.24, 2.45) is 0 Å². The Morgan fingerprint density at radius 1 is 1.16 bits per heavy atom. The number of benzene rings is 2. The maximum atomic E-state index is 12.2. The molecular formula is C17H13NO7. The minimum atomic E-state index is -0.981. The van der Waals surface area contributed by atoms with Gasteiger partial charge in [-0.2, -0.15) is 0 Å². The van der Waals surface area contributed by atoms with E-state index in [9.17, 15) is 19.7 Å². The average Bonchev–Trinajstić information content (AvgIpc) is 3.06. The summed E-state index contributed by atoms with van der Waals surface area (Å²) in [5.41, 5.74) is 0.603. The van der Waals surface area contributed by atoms with E-state index in [0.717, 1.165) is 11.6 Å². The number of nitro benzene ring substituents is 1. The molecule has 0 aliphatic carbocycles. The van der Waals surface area contributed by atoms with Crippen molar-refractivity contribution in [1.82, 2.24) is 0 Å². The number of hydrogen-bond acceptors (Lipinski definition) is 7. The molecule has 0 radical (unpaired) electrons. The van der Waals surface area contributed by atoms with E-state index < -0.39 is 29.0 Å². The normalized spacial score (nSPS) is 11.9. The van der Waals surface area contributed by atoms with E-state index in [1.54, 1.807) is 24.3 Å². The van der Waals surface area contributed by atoms with Gasteiger partial charge in [0.2, 0.25) is 6.79 Å². The van der Waals surface area contributed by atoms with Crippen LogP contribution in [0.25, 0.3) is 0 Å². The molecule has 0 saturated carbocycles. The van der Waals surface area contributed by atoms with Gasteiger partial charge in [0, 0.05) is 11.6 Å². The quantitative estimate of drug-likeness (QED) is 0.356. The highest BCUT2D eigenvalue weighted by Crippen LogP contribution is 2.38. The average molecular weight is 343 g/mol. The van der Waals surface area contributed by atoms with E-state index in [1.165, 1.54) is 6.07 Å². The molecule has 1 aliphatic rings. The molecule has 1 aliphatic heterocycles. The smallest absolute Gasteiger partial charge is 0.345 e. The van der Waals surface area contributed by atoms with E-state index in [4.69, 9.17) is 14.2 Å². The van der Waals surface area contributed by atoms with Crippen molar-refractivity contribution < 1.29 is 28.7 Å². The number of carbonyl (C=O) groups is 2. The molecule has 2 aromatic carbocycles. The van der Waals surface area contributed by atoms with Gasteiger partial charge in [-0.05, 0) is 6.92 Å². The molecule has 1 heterocycles. The molecule has 128 valence electrons. The van der Waals surface area contributed by atoms with Gasteiger partial charge in [-0.15, -0.1) is 0 Å². The van der Waals surface area contributed by atoms with Gasteiger partial charge < -0.3 is 14.2 Å². The molecule has 8 heteroatoms. The van der Waals surface area contributed by atoms with Crippen LogP contribution >= 0.6 is 0 Å². The summed E-state index contributed by atoms with van der Waals surface area (Å²) in [6.45, 7) is 1.28. The molecule has 0 spiro atoms. The molecule has 3 rings (SSSR count). The Balaban J connectivity index is 1.76. The Labute approximate surface area is 142 Å². The number of esters is 1. The SMILES string of the molecule is Cc1ccc(C(=O)COC(=O)c2cc3c(cc2[N+](=O)[O-])OCO3)cc1. The number of rotatable bonds is 5. The number of Topliss-reactive ketones (excluding diaryl/α,β-unsaturated/α-hetero) is 1. The van der Waals surface area contributed by atoms with Gasteiger partial charge in [-0.25, -0.2) is 4.79 Å². The second-order valence-corrected chi connectivity index (χ2v) is 5.35. The molecule has 8 nitrogen and oxygen atoms in total. The lowest BCUT2D eigenvalue weighted by atomic mass is 10.1. The molecule has 0 fully saturated rings. The largest absolute Gasteiger partial charge is 0.454 e. The van der Waals surface area contributed by atoms with Crippen molar-refractivity contribution in [2.45, 2.75) is 6.92 Å². The zero-order chi connectivity index (χ0) is 18.0. The molecule has 0 bridgehead atoms. The third-order valence-electron chi connectivity index (χ3n) is 3.62. The van der Waals surface area contributed by atoms with E-state index >= 15 is 0 Å². The highest BCUT2D eigenvalue weighted by atomic mass is 16.7. The van der Waals surface area contributed by atoms with Gasteiger partial charge in [-0.3, -0.25) is 14.9 Å². The first-order valence-corrected chi connectivity index (χ1v) is 7.31. The van der Waals surface area contributed by atoms with Crippen molar-refractivity contribution >= 4 is 17.4 Å². The van der Waals surface area contributed by atoms with Gasteiger partial charge in [0.05, 0.1) is 11.0 Å². The minimum Gasteiger partial charge on any atom is -0.454 e. The number of hydrogen-bond donors (Lipinski definition) is 0. The first-order valence-electron chi connectivity index (χ1n) is 7.31. The summed E-state index contributed by atoms with van der Waals surface area (Å²) in [6.07, 6.45) is 0. The highest BCUT2D eigenvalue weighted by Gasteiger charge is 2.28. The van der Waals surface area contributed by atoms with Gasteiger partial charge in [0.25, 0.3) is 5.69 Å². The van der Waals surface area contributed by atoms with Crippen molar-refractivity contribution in [3.05, 3.63) is 63.2 Å². The number of aryl methyl sites for hydroxylation is 1. The molecular weight excluding hydrogens is 330 g/mol. The summed E-state index contributed by atoms with van der Waals surface area (Å²) in [5, 5.41) is 11.2. The second-order valence-electron chi connectivity index (χ2n) is 5.35. The molecule has 0 aromatic heterocycles. The summed E-state index contributed by atoms with van der Waals surface area (Å²) in [5.74, 6) is -0.997. The van der Waals surface area contributed by atoms with Crippen LogP contribution in [0.3, 0.4) is 0 Å². The van der Waals surface area contributed by atoms with E-state index in [-0.39, 0.29) is 23.9 Å². The van der Waals surface area contributed by atoms with Crippen LogP contribution in [0.1, 0.15) is 26.3 Å². The fourth-order valence-electron chi connectivity index (χ4n) is 2.28. The predicted octanol–water partition coefficient (Wildman–Crippen LogP) is 2.67. The molecule has 0 N–H and O–H groups in total. The van der Waals surface area contributed by atoms with Crippen LogP contribution < -0.4 is 9.47 Å². The fourth-order valence-corrected chi connectivity index (χ4v) is 2.28. The van der Waals surface area contributed by atoms with Crippen molar-refractivity contribution in [3.8, 4) is 11.5 Å². The Morgan fingerprint density at radius 3 is 2.44 bits per heavy atom. The van der Waals surface area contributed by atoms with Crippen molar-refractivity contribution in [3.63, 3.8) is 0 Å². The van der Waals surface area contributed by atoms with Crippen LogP contribution in [0.5, 0.6) is 11.5 Å². The topological polar surface area (TPSA) is 105 Å². The first kappa shape index (κ1) is 16.4. The summed E-state index contributed by atoms with van der Waals surface area (Å²) in [7, 11) is 0. The first-order chi connectivity index (χ1) is 12.0. The van der Waals surface area contributed by atoms with Crippen LogP contribution in [0, 0.1) is 17.0 Å². The van der Waals surface area contributed by atoms with Crippen LogP contribution in [-0.2, 0) is 4.74 Å². The Hall–Kier alpha value is -3.42. The lowest BCUT2D eigenvalue weighted by Gasteiger charge is -2.06.